The highest BCUT2D eigenvalue weighted by Gasteiger charge is 1.95. The molecule has 0 saturated carbocycles. The summed E-state index contributed by atoms with van der Waals surface area (Å²) < 4.78 is 4.99. The molecule has 1 rings (SSSR count). The number of ether oxygens (including phenoxy) is 1. The Morgan fingerprint density at radius 2 is 1.92 bits per heavy atom. The van der Waals surface area contributed by atoms with Crippen LogP contribution in [0.4, 0.5) is 0 Å². The van der Waals surface area contributed by atoms with E-state index in [9.17, 15) is 0 Å². The Morgan fingerprint density at radius 1 is 1.33 bits per heavy atom. The molecule has 1 nitrogen and oxygen atoms in total. The summed E-state index contributed by atoms with van der Waals surface area (Å²) in [5.41, 5.74) is 2.52. The topological polar surface area (TPSA) is 9.23 Å². The monoisotopic (exact) mass is 162 g/mol. The zero-order valence-electron chi connectivity index (χ0n) is 7.63. The molecule has 0 amide bonds. The van der Waals surface area contributed by atoms with E-state index in [2.05, 4.69) is 37.8 Å². The number of hydrogen-bond donors (Lipinski definition) is 0. The molecule has 0 aliphatic carbocycles. The molecule has 1 aromatic rings. The summed E-state index contributed by atoms with van der Waals surface area (Å²) in [5.74, 6) is 0.804. The van der Waals surface area contributed by atoms with Gasteiger partial charge in [0.05, 0.1) is 12.9 Å². The van der Waals surface area contributed by atoms with Gasteiger partial charge in [-0.15, -0.1) is 0 Å². The Labute approximate surface area is 73.7 Å². The lowest BCUT2D eigenvalue weighted by Gasteiger charge is -2.03. The first-order valence-electron chi connectivity index (χ1n) is 3.99. The minimum atomic E-state index is 0.802. The molecule has 0 bridgehead atoms. The maximum atomic E-state index is 4.99. The summed E-state index contributed by atoms with van der Waals surface area (Å²) in [6.07, 6.45) is 0.802. The Morgan fingerprint density at radius 3 is 2.42 bits per heavy atom. The van der Waals surface area contributed by atoms with Crippen molar-refractivity contribution in [3.05, 3.63) is 47.7 Å². The lowest BCUT2D eigenvalue weighted by atomic mass is 10.1. The summed E-state index contributed by atoms with van der Waals surface area (Å²) in [6.45, 7) is 5.85. The maximum absolute atomic E-state index is 4.99. The van der Waals surface area contributed by atoms with Crippen molar-refractivity contribution in [1.82, 2.24) is 0 Å². The van der Waals surface area contributed by atoms with E-state index in [1.807, 2.05) is 0 Å². The number of benzene rings is 1. The van der Waals surface area contributed by atoms with Crippen molar-refractivity contribution >= 4 is 0 Å². The highest BCUT2D eigenvalue weighted by molar-refractivity contribution is 5.23. The van der Waals surface area contributed by atoms with Crippen LogP contribution >= 0.6 is 0 Å². The third-order valence-corrected chi connectivity index (χ3v) is 1.81. The second kappa shape index (κ2) is 3.96. The normalized spacial score (nSPS) is 9.50. The van der Waals surface area contributed by atoms with Gasteiger partial charge in [-0.1, -0.05) is 36.4 Å². The number of aryl methyl sites for hydroxylation is 1. The van der Waals surface area contributed by atoms with Gasteiger partial charge in [-0.3, -0.25) is 0 Å². The summed E-state index contributed by atoms with van der Waals surface area (Å²) in [4.78, 5) is 0. The third-order valence-electron chi connectivity index (χ3n) is 1.81. The lowest BCUT2D eigenvalue weighted by Crippen LogP contribution is -1.90. The highest BCUT2D eigenvalue weighted by Crippen LogP contribution is 2.08. The van der Waals surface area contributed by atoms with E-state index in [-0.39, 0.29) is 0 Å². The molecule has 0 aromatic heterocycles. The zero-order chi connectivity index (χ0) is 8.97. The standard InChI is InChI=1S/C11H14O/c1-9-4-6-11(7-5-9)8-10(2)12-3/h4-7H,2,8H2,1,3H3. The number of allylic oxidation sites excluding steroid dienone is 1. The van der Waals surface area contributed by atoms with Gasteiger partial charge in [0, 0.05) is 6.42 Å². The van der Waals surface area contributed by atoms with Gasteiger partial charge in [0.2, 0.25) is 0 Å². The van der Waals surface area contributed by atoms with Crippen molar-refractivity contribution in [2.75, 3.05) is 7.11 Å². The van der Waals surface area contributed by atoms with Crippen LogP contribution in [0.25, 0.3) is 0 Å². The maximum Gasteiger partial charge on any atom is 0.0927 e. The van der Waals surface area contributed by atoms with Crippen LogP contribution < -0.4 is 0 Å². The second-order valence-electron chi connectivity index (χ2n) is 2.91. The SMILES string of the molecule is C=C(Cc1ccc(C)cc1)OC. The largest absolute Gasteiger partial charge is 0.501 e. The fourth-order valence-electron chi connectivity index (χ4n) is 1.01. The summed E-state index contributed by atoms with van der Waals surface area (Å²) >= 11 is 0. The quantitative estimate of drug-likeness (QED) is 0.621. The first-order chi connectivity index (χ1) is 5.72. The average molecular weight is 162 g/mol. The van der Waals surface area contributed by atoms with Crippen molar-refractivity contribution in [2.45, 2.75) is 13.3 Å². The molecule has 0 saturated heterocycles. The van der Waals surface area contributed by atoms with Crippen molar-refractivity contribution < 1.29 is 4.74 Å². The Hall–Kier alpha value is -1.24. The smallest absolute Gasteiger partial charge is 0.0927 e. The number of hydrogen-bond acceptors (Lipinski definition) is 1. The molecule has 0 atom stereocenters. The van der Waals surface area contributed by atoms with Crippen molar-refractivity contribution in [3.63, 3.8) is 0 Å². The minimum Gasteiger partial charge on any atom is -0.501 e. The molecule has 0 heterocycles. The summed E-state index contributed by atoms with van der Waals surface area (Å²) in [5, 5.41) is 0. The van der Waals surface area contributed by atoms with Crippen LogP contribution in [-0.4, -0.2) is 7.11 Å². The lowest BCUT2D eigenvalue weighted by molar-refractivity contribution is 0.285. The molecule has 1 heteroatoms. The van der Waals surface area contributed by atoms with Gasteiger partial charge in [0.1, 0.15) is 0 Å². The molecule has 1 aromatic carbocycles. The van der Waals surface area contributed by atoms with Gasteiger partial charge in [-0.05, 0) is 12.5 Å². The van der Waals surface area contributed by atoms with Crippen molar-refractivity contribution in [1.29, 1.82) is 0 Å². The van der Waals surface area contributed by atoms with Crippen LogP contribution in [0, 0.1) is 6.92 Å². The molecule has 12 heavy (non-hydrogen) atoms. The van der Waals surface area contributed by atoms with E-state index in [0.717, 1.165) is 12.2 Å². The molecular formula is C11H14O. The fraction of sp³-hybridized carbons (Fsp3) is 0.273. The molecule has 0 aliphatic heterocycles. The van der Waals surface area contributed by atoms with Crippen molar-refractivity contribution in [2.24, 2.45) is 0 Å². The molecule has 0 radical (unpaired) electrons. The van der Waals surface area contributed by atoms with Gasteiger partial charge < -0.3 is 4.74 Å². The second-order valence-corrected chi connectivity index (χ2v) is 2.91. The van der Waals surface area contributed by atoms with Crippen molar-refractivity contribution in [3.8, 4) is 0 Å². The molecule has 0 spiro atoms. The predicted molar refractivity (Wildman–Crippen MR) is 51.0 cm³/mol. The van der Waals surface area contributed by atoms with Gasteiger partial charge in [-0.2, -0.15) is 0 Å². The Kier molecular flexibility index (Phi) is 2.92. The van der Waals surface area contributed by atoms with E-state index in [1.54, 1.807) is 7.11 Å². The first kappa shape index (κ1) is 8.85. The molecule has 0 unspecified atom stereocenters. The molecule has 0 N–H and O–H groups in total. The zero-order valence-corrected chi connectivity index (χ0v) is 7.63. The summed E-state index contributed by atoms with van der Waals surface area (Å²) in [6, 6.07) is 8.38. The predicted octanol–water partition coefficient (Wildman–Crippen LogP) is 2.70. The first-order valence-corrected chi connectivity index (χ1v) is 3.99. The van der Waals surface area contributed by atoms with Gasteiger partial charge in [0.15, 0.2) is 0 Å². The van der Waals surface area contributed by atoms with E-state index in [1.165, 1.54) is 11.1 Å². The van der Waals surface area contributed by atoms with Crippen LogP contribution in [0.3, 0.4) is 0 Å². The van der Waals surface area contributed by atoms with E-state index in [4.69, 9.17) is 4.74 Å². The molecule has 0 fully saturated rings. The van der Waals surface area contributed by atoms with Crippen LogP contribution in [-0.2, 0) is 11.2 Å². The summed E-state index contributed by atoms with van der Waals surface area (Å²) in [7, 11) is 1.65. The number of methoxy groups -OCH3 is 1. The van der Waals surface area contributed by atoms with Crippen LogP contribution in [0.1, 0.15) is 11.1 Å². The van der Waals surface area contributed by atoms with E-state index < -0.39 is 0 Å². The van der Waals surface area contributed by atoms with Gasteiger partial charge >= 0.3 is 0 Å². The Balaban J connectivity index is 2.64. The van der Waals surface area contributed by atoms with E-state index >= 15 is 0 Å². The molecular weight excluding hydrogens is 148 g/mol. The van der Waals surface area contributed by atoms with E-state index in [0.29, 0.717) is 0 Å². The number of rotatable bonds is 3. The van der Waals surface area contributed by atoms with Gasteiger partial charge in [0.25, 0.3) is 0 Å². The van der Waals surface area contributed by atoms with Gasteiger partial charge in [-0.25, -0.2) is 0 Å². The van der Waals surface area contributed by atoms with Crippen LogP contribution in [0.15, 0.2) is 36.6 Å². The fourth-order valence-corrected chi connectivity index (χ4v) is 1.01. The molecule has 0 aliphatic rings. The highest BCUT2D eigenvalue weighted by atomic mass is 16.5. The van der Waals surface area contributed by atoms with Crippen LogP contribution in [0.5, 0.6) is 0 Å². The van der Waals surface area contributed by atoms with Crippen LogP contribution in [0.2, 0.25) is 0 Å². The average Bonchev–Trinajstić information content (AvgIpc) is 2.09. The third kappa shape index (κ3) is 2.42. The molecule has 64 valence electrons. The Bertz CT molecular complexity index is 259. The minimum absolute atomic E-state index is 0.802.